The third kappa shape index (κ3) is 7.13. The van der Waals surface area contributed by atoms with Gasteiger partial charge >= 0.3 is 23.9 Å². The van der Waals surface area contributed by atoms with Crippen molar-refractivity contribution in [2.45, 2.75) is 12.2 Å². The quantitative estimate of drug-likeness (QED) is 0.247. The third-order valence-electron chi connectivity index (χ3n) is 4.74. The molecule has 2 unspecified atom stereocenters. The number of ether oxygens (including phenoxy) is 2. The first-order valence-electron chi connectivity index (χ1n) is 10.7. The number of aromatic nitrogens is 1. The summed E-state index contributed by atoms with van der Waals surface area (Å²) in [4.78, 5) is 46.8. The van der Waals surface area contributed by atoms with E-state index in [1.807, 2.05) is 36.7 Å². The maximum Gasteiger partial charge on any atom is 0.346 e. The number of fused-ring (bicyclic) bond motifs is 1. The molecule has 0 saturated heterocycles. The van der Waals surface area contributed by atoms with Crippen LogP contribution in [0.15, 0.2) is 109 Å². The van der Waals surface area contributed by atoms with E-state index in [1.165, 1.54) is 54.0 Å². The normalized spacial score (nSPS) is 11.8. The predicted octanol–water partition coefficient (Wildman–Crippen LogP) is 1.90. The predicted molar refractivity (Wildman–Crippen MR) is 125 cm³/mol. The number of carbonyl (C=O) groups is 4. The van der Waals surface area contributed by atoms with Crippen molar-refractivity contribution in [2.24, 2.45) is 0 Å². The average Bonchev–Trinajstić information content (AvgIpc) is 2.93. The van der Waals surface area contributed by atoms with Gasteiger partial charge in [-0.05, 0) is 36.4 Å². The number of nitrogens with zero attached hydrogens (tertiary/aromatic N) is 1. The number of esters is 4. The molecule has 4 rings (SSSR count). The first kappa shape index (κ1) is 25.9. The number of hydrogen-bond donors (Lipinski definition) is 2. The molecule has 0 spiro atoms. The van der Waals surface area contributed by atoms with E-state index >= 15 is 0 Å². The lowest BCUT2D eigenvalue weighted by atomic mass is 10.2. The van der Waals surface area contributed by atoms with Gasteiger partial charge < -0.3 is 19.7 Å². The number of pyridine rings is 2. The highest BCUT2D eigenvalue weighted by atomic mass is 16.6. The molecule has 0 saturated carbocycles. The first-order valence-corrected chi connectivity index (χ1v) is 10.7. The van der Waals surface area contributed by atoms with Crippen LogP contribution in [0.25, 0.3) is 5.52 Å². The molecule has 2 N–H and O–H groups in total. The van der Waals surface area contributed by atoms with Crippen molar-refractivity contribution in [1.82, 2.24) is 0 Å². The Morgan fingerprint density at radius 2 is 0.917 bits per heavy atom. The Kier molecular flexibility index (Phi) is 9.10. The van der Waals surface area contributed by atoms with E-state index in [9.17, 15) is 29.4 Å². The molecule has 0 fully saturated rings. The summed E-state index contributed by atoms with van der Waals surface area (Å²) in [7, 11) is 0. The Morgan fingerprint density at radius 1 is 0.556 bits per heavy atom. The van der Waals surface area contributed by atoms with Gasteiger partial charge in [-0.3, -0.25) is 0 Å². The number of aliphatic hydroxyl groups excluding tert-OH is 2. The monoisotopic (exact) mass is 488 g/mol. The molecule has 4 aromatic rings. The van der Waals surface area contributed by atoms with Crippen LogP contribution in [0, 0.1) is 0 Å². The fourth-order valence-corrected chi connectivity index (χ4v) is 2.87. The Labute approximate surface area is 205 Å². The van der Waals surface area contributed by atoms with Crippen molar-refractivity contribution < 1.29 is 43.3 Å². The van der Waals surface area contributed by atoms with Crippen LogP contribution < -0.4 is 4.40 Å². The zero-order valence-corrected chi connectivity index (χ0v) is 18.8. The minimum Gasteiger partial charge on any atom is -0.387 e. The minimum absolute atomic E-state index is 0.0318. The van der Waals surface area contributed by atoms with Gasteiger partial charge in [0.15, 0.2) is 24.6 Å². The van der Waals surface area contributed by atoms with Gasteiger partial charge in [0, 0.05) is 24.3 Å². The van der Waals surface area contributed by atoms with E-state index in [1.54, 1.807) is 12.1 Å². The van der Waals surface area contributed by atoms with E-state index in [0.29, 0.717) is 0 Å². The molecule has 2 aromatic heterocycles. The van der Waals surface area contributed by atoms with Gasteiger partial charge in [-0.25, -0.2) is 19.2 Å². The van der Waals surface area contributed by atoms with Gasteiger partial charge in [0.05, 0.1) is 11.1 Å². The topological polar surface area (TPSA) is 131 Å². The molecule has 0 amide bonds. The molecule has 9 heteroatoms. The molecular weight excluding hydrogens is 466 g/mol. The summed E-state index contributed by atoms with van der Waals surface area (Å²) in [5.74, 6) is -5.27. The standard InChI is InChI=1S/C18H14O8.C9H8N/c19-13(17(23)25-15(21)11-7-3-1-4-8-11)14(20)18(24)26-16(22)12-9-5-2-6-10-12;1-3-7-10-8-4-2-6-9(10)5-1/h1-10,13-14,19-20H;1-8H/q;+1. The van der Waals surface area contributed by atoms with Crippen molar-refractivity contribution in [3.63, 3.8) is 0 Å². The van der Waals surface area contributed by atoms with Crippen LogP contribution in [-0.4, -0.2) is 46.3 Å². The van der Waals surface area contributed by atoms with Crippen molar-refractivity contribution >= 4 is 29.4 Å². The molecule has 2 atom stereocenters. The maximum absolute atomic E-state index is 11.7. The van der Waals surface area contributed by atoms with E-state index in [0.717, 1.165) is 0 Å². The average molecular weight is 488 g/mol. The van der Waals surface area contributed by atoms with Crippen LogP contribution in [0.5, 0.6) is 0 Å². The highest BCUT2D eigenvalue weighted by Crippen LogP contribution is 2.07. The van der Waals surface area contributed by atoms with Gasteiger partial charge in [-0.15, -0.1) is 0 Å². The zero-order valence-electron chi connectivity index (χ0n) is 18.8. The minimum atomic E-state index is -2.40. The molecule has 2 heterocycles. The van der Waals surface area contributed by atoms with E-state index in [2.05, 4.69) is 26.0 Å². The summed E-state index contributed by atoms with van der Waals surface area (Å²) in [6, 6.07) is 27.1. The Morgan fingerprint density at radius 3 is 1.28 bits per heavy atom. The van der Waals surface area contributed by atoms with Crippen LogP contribution in [0.1, 0.15) is 20.7 Å². The van der Waals surface area contributed by atoms with E-state index < -0.39 is 36.1 Å². The second kappa shape index (κ2) is 12.7. The smallest absolute Gasteiger partial charge is 0.346 e. The van der Waals surface area contributed by atoms with Crippen LogP contribution in [0.2, 0.25) is 0 Å². The molecule has 182 valence electrons. The fraction of sp³-hybridized carbons (Fsp3) is 0.0741. The molecule has 0 aliphatic heterocycles. The van der Waals surface area contributed by atoms with Crippen molar-refractivity contribution in [3.05, 3.63) is 121 Å². The summed E-state index contributed by atoms with van der Waals surface area (Å²) in [5.41, 5.74) is 1.29. The number of rotatable bonds is 5. The summed E-state index contributed by atoms with van der Waals surface area (Å²) in [6.07, 6.45) is -0.734. The van der Waals surface area contributed by atoms with Crippen molar-refractivity contribution in [2.75, 3.05) is 0 Å². The highest BCUT2D eigenvalue weighted by Gasteiger charge is 2.35. The van der Waals surface area contributed by atoms with E-state index in [4.69, 9.17) is 0 Å². The number of benzene rings is 2. The molecule has 0 radical (unpaired) electrons. The van der Waals surface area contributed by atoms with Gasteiger partial charge in [-0.1, -0.05) is 36.4 Å². The summed E-state index contributed by atoms with van der Waals surface area (Å²) in [6.45, 7) is 0. The second-order valence-electron chi connectivity index (χ2n) is 7.27. The number of aliphatic hydroxyl groups is 2. The van der Waals surface area contributed by atoms with Crippen LogP contribution >= 0.6 is 0 Å². The van der Waals surface area contributed by atoms with Crippen molar-refractivity contribution in [3.8, 4) is 0 Å². The van der Waals surface area contributed by atoms with Gasteiger partial charge in [0.2, 0.25) is 5.52 Å². The summed E-state index contributed by atoms with van der Waals surface area (Å²) < 4.78 is 10.8. The molecule has 36 heavy (non-hydrogen) atoms. The van der Waals surface area contributed by atoms with E-state index in [-0.39, 0.29) is 11.1 Å². The SMILES string of the molecule is O=C(OC(=O)C(O)C(O)C(=O)OC(=O)c1ccccc1)c1ccccc1.c1cc[n+]2ccccc2c1. The molecular formula is C27H22NO8+. The lowest BCUT2D eigenvalue weighted by Gasteiger charge is -2.14. The molecule has 0 aliphatic rings. The summed E-state index contributed by atoms with van der Waals surface area (Å²) in [5, 5.41) is 19.3. The van der Waals surface area contributed by atoms with Crippen LogP contribution in [-0.2, 0) is 19.1 Å². The Hall–Kier alpha value is -4.73. The van der Waals surface area contributed by atoms with Gasteiger partial charge in [-0.2, -0.15) is 4.40 Å². The number of carbonyl (C=O) groups excluding carboxylic acids is 4. The largest absolute Gasteiger partial charge is 0.387 e. The fourth-order valence-electron chi connectivity index (χ4n) is 2.87. The molecule has 2 aromatic carbocycles. The lowest BCUT2D eigenvalue weighted by molar-refractivity contribution is -0.511. The second-order valence-corrected chi connectivity index (χ2v) is 7.27. The highest BCUT2D eigenvalue weighted by molar-refractivity contribution is 6.01. The van der Waals surface area contributed by atoms with Crippen LogP contribution in [0.4, 0.5) is 0 Å². The first-order chi connectivity index (χ1) is 17.4. The Bertz CT molecular complexity index is 1210. The van der Waals surface area contributed by atoms with Gasteiger partial charge in [0.25, 0.3) is 0 Å². The third-order valence-corrected chi connectivity index (χ3v) is 4.74. The lowest BCUT2D eigenvalue weighted by Crippen LogP contribution is -2.43. The molecule has 0 bridgehead atoms. The maximum atomic E-state index is 11.7. The summed E-state index contributed by atoms with van der Waals surface area (Å²) >= 11 is 0. The van der Waals surface area contributed by atoms with Gasteiger partial charge in [0.1, 0.15) is 0 Å². The Balaban J connectivity index is 0.000000297. The molecule has 0 aliphatic carbocycles. The molecule has 9 nitrogen and oxygen atoms in total. The van der Waals surface area contributed by atoms with Crippen LogP contribution in [0.3, 0.4) is 0 Å². The zero-order chi connectivity index (χ0) is 25.9. The van der Waals surface area contributed by atoms with Crippen molar-refractivity contribution in [1.29, 1.82) is 0 Å². The number of hydrogen-bond acceptors (Lipinski definition) is 8.